The number of ether oxygens (including phenoxy) is 2. The summed E-state index contributed by atoms with van der Waals surface area (Å²) in [6, 6.07) is 6.69. The predicted molar refractivity (Wildman–Crippen MR) is 71.1 cm³/mol. The van der Waals surface area contributed by atoms with Gasteiger partial charge in [-0.2, -0.15) is 0 Å². The summed E-state index contributed by atoms with van der Waals surface area (Å²) >= 11 is 0. The van der Waals surface area contributed by atoms with Gasteiger partial charge in [-0.25, -0.2) is 0 Å². The summed E-state index contributed by atoms with van der Waals surface area (Å²) in [6.07, 6.45) is 1.64. The third kappa shape index (κ3) is 4.46. The van der Waals surface area contributed by atoms with Crippen LogP contribution in [-0.4, -0.2) is 44.1 Å². The second-order valence-corrected chi connectivity index (χ2v) is 3.86. The van der Waals surface area contributed by atoms with Gasteiger partial charge >= 0.3 is 5.97 Å². The highest BCUT2D eigenvalue weighted by molar-refractivity contribution is 5.95. The van der Waals surface area contributed by atoms with Crippen LogP contribution in [0.1, 0.15) is 10.4 Å². The molecule has 0 radical (unpaired) electrons. The number of hydrogen-bond donors (Lipinski definition) is 0. The number of carbonyl (C=O) groups excluding carboxylic acids is 2. The van der Waals surface area contributed by atoms with Crippen molar-refractivity contribution in [3.63, 3.8) is 0 Å². The van der Waals surface area contributed by atoms with Gasteiger partial charge in [0.25, 0.3) is 5.91 Å². The van der Waals surface area contributed by atoms with Gasteiger partial charge in [0.1, 0.15) is 18.9 Å². The second kappa shape index (κ2) is 7.20. The van der Waals surface area contributed by atoms with Crippen LogP contribution in [0.2, 0.25) is 0 Å². The molecule has 19 heavy (non-hydrogen) atoms. The number of nitrogens with zero attached hydrogens (tertiary/aromatic N) is 1. The summed E-state index contributed by atoms with van der Waals surface area (Å²) in [7, 11) is 2.83. The summed E-state index contributed by atoms with van der Waals surface area (Å²) < 4.78 is 9.82. The Morgan fingerprint density at radius 1 is 1.32 bits per heavy atom. The summed E-state index contributed by atoms with van der Waals surface area (Å²) in [5, 5.41) is 0. The molecular formula is C14H17NO4. The molecule has 5 heteroatoms. The summed E-state index contributed by atoms with van der Waals surface area (Å²) in [5.74, 6) is -0.0467. The Morgan fingerprint density at radius 3 is 2.47 bits per heavy atom. The number of hydrogen-bond acceptors (Lipinski definition) is 4. The number of rotatable bonds is 6. The van der Waals surface area contributed by atoms with E-state index in [1.807, 2.05) is 0 Å². The van der Waals surface area contributed by atoms with E-state index < -0.39 is 5.97 Å². The first-order valence-electron chi connectivity index (χ1n) is 5.74. The minimum atomic E-state index is -0.457. The number of carbonyl (C=O) groups is 2. The molecule has 0 N–H and O–H groups in total. The highest BCUT2D eigenvalue weighted by atomic mass is 16.5. The van der Waals surface area contributed by atoms with Gasteiger partial charge in [-0.15, -0.1) is 0 Å². The van der Waals surface area contributed by atoms with Gasteiger partial charge in [0.05, 0.1) is 7.11 Å². The van der Waals surface area contributed by atoms with Gasteiger partial charge in [0.2, 0.25) is 0 Å². The van der Waals surface area contributed by atoms with Crippen LogP contribution in [0, 0.1) is 0 Å². The third-order valence-electron chi connectivity index (χ3n) is 2.41. The van der Waals surface area contributed by atoms with E-state index in [0.717, 1.165) is 0 Å². The summed E-state index contributed by atoms with van der Waals surface area (Å²) in [5.41, 5.74) is 0.484. The fraction of sp³-hybridized carbons (Fsp3) is 0.286. The fourth-order valence-corrected chi connectivity index (χ4v) is 1.40. The van der Waals surface area contributed by atoms with E-state index in [2.05, 4.69) is 11.3 Å². The van der Waals surface area contributed by atoms with E-state index in [1.54, 1.807) is 37.4 Å². The maximum Gasteiger partial charge on any atom is 0.325 e. The molecule has 0 aromatic heterocycles. The molecule has 0 fully saturated rings. The lowest BCUT2D eigenvalue weighted by atomic mass is 10.2. The van der Waals surface area contributed by atoms with Gasteiger partial charge in [-0.3, -0.25) is 9.59 Å². The molecule has 5 nitrogen and oxygen atoms in total. The largest absolute Gasteiger partial charge is 0.490 e. The third-order valence-corrected chi connectivity index (χ3v) is 2.41. The minimum absolute atomic E-state index is 0.0793. The molecule has 0 aliphatic carbocycles. The van der Waals surface area contributed by atoms with Crippen molar-refractivity contribution in [2.75, 3.05) is 27.3 Å². The zero-order valence-corrected chi connectivity index (χ0v) is 11.1. The lowest BCUT2D eigenvalue weighted by Crippen LogP contribution is -2.32. The number of methoxy groups -OCH3 is 1. The average molecular weight is 263 g/mol. The van der Waals surface area contributed by atoms with Crippen LogP contribution in [-0.2, 0) is 9.53 Å². The second-order valence-electron chi connectivity index (χ2n) is 3.86. The molecule has 0 saturated heterocycles. The molecule has 0 unspecified atom stereocenters. The topological polar surface area (TPSA) is 55.8 Å². The highest BCUT2D eigenvalue weighted by Gasteiger charge is 2.14. The normalized spacial score (nSPS) is 9.58. The Bertz CT molecular complexity index is 453. The summed E-state index contributed by atoms with van der Waals surface area (Å²) in [6.45, 7) is 3.88. The molecule has 0 bridgehead atoms. The molecule has 0 heterocycles. The Hall–Kier alpha value is -2.30. The van der Waals surface area contributed by atoms with E-state index in [1.165, 1.54) is 12.0 Å². The number of likely N-dealkylation sites (N-methyl/N-ethyl adjacent to an activating group) is 1. The molecular weight excluding hydrogens is 246 g/mol. The van der Waals surface area contributed by atoms with Crippen molar-refractivity contribution in [2.24, 2.45) is 0 Å². The molecule has 1 aromatic carbocycles. The highest BCUT2D eigenvalue weighted by Crippen LogP contribution is 2.13. The van der Waals surface area contributed by atoms with Crippen LogP contribution in [0.4, 0.5) is 0 Å². The Kier molecular flexibility index (Phi) is 5.60. The van der Waals surface area contributed by atoms with Crippen molar-refractivity contribution in [3.05, 3.63) is 42.5 Å². The maximum atomic E-state index is 12.0. The molecule has 0 saturated carbocycles. The van der Waals surface area contributed by atoms with Crippen molar-refractivity contribution in [1.82, 2.24) is 4.90 Å². The van der Waals surface area contributed by atoms with Gasteiger partial charge in [0, 0.05) is 12.6 Å². The van der Waals surface area contributed by atoms with Gasteiger partial charge in [0.15, 0.2) is 0 Å². The first-order valence-corrected chi connectivity index (χ1v) is 5.74. The van der Waals surface area contributed by atoms with E-state index in [-0.39, 0.29) is 12.5 Å². The SMILES string of the molecule is C=CCOc1ccc(C(=O)N(C)CC(=O)OC)cc1. The molecule has 1 rings (SSSR count). The van der Waals surface area contributed by atoms with E-state index >= 15 is 0 Å². The van der Waals surface area contributed by atoms with Crippen molar-refractivity contribution >= 4 is 11.9 Å². The molecule has 0 aliphatic heterocycles. The van der Waals surface area contributed by atoms with E-state index in [9.17, 15) is 9.59 Å². The maximum absolute atomic E-state index is 12.0. The van der Waals surface area contributed by atoms with Crippen LogP contribution in [0.25, 0.3) is 0 Å². The van der Waals surface area contributed by atoms with E-state index in [0.29, 0.717) is 17.9 Å². The minimum Gasteiger partial charge on any atom is -0.490 e. The first-order chi connectivity index (χ1) is 9.08. The predicted octanol–water partition coefficient (Wildman–Crippen LogP) is 1.50. The van der Waals surface area contributed by atoms with Gasteiger partial charge in [-0.1, -0.05) is 12.7 Å². The quantitative estimate of drug-likeness (QED) is 0.576. The van der Waals surface area contributed by atoms with Crippen LogP contribution >= 0.6 is 0 Å². The van der Waals surface area contributed by atoms with Crippen LogP contribution in [0.5, 0.6) is 5.75 Å². The monoisotopic (exact) mass is 263 g/mol. The standard InChI is InChI=1S/C14H17NO4/c1-4-9-19-12-7-5-11(6-8-12)14(17)15(2)10-13(16)18-3/h4-8H,1,9-10H2,2-3H3. The first kappa shape index (κ1) is 14.8. The fourth-order valence-electron chi connectivity index (χ4n) is 1.40. The lowest BCUT2D eigenvalue weighted by Gasteiger charge is -2.15. The van der Waals surface area contributed by atoms with Crippen LogP contribution < -0.4 is 4.74 Å². The zero-order chi connectivity index (χ0) is 14.3. The number of amides is 1. The van der Waals surface area contributed by atoms with Gasteiger partial charge < -0.3 is 14.4 Å². The number of benzene rings is 1. The van der Waals surface area contributed by atoms with Crippen LogP contribution in [0.3, 0.4) is 0 Å². The van der Waals surface area contributed by atoms with Crippen LogP contribution in [0.15, 0.2) is 36.9 Å². The zero-order valence-electron chi connectivity index (χ0n) is 11.1. The molecule has 0 spiro atoms. The van der Waals surface area contributed by atoms with Crippen molar-refractivity contribution in [2.45, 2.75) is 0 Å². The number of esters is 1. The molecule has 0 atom stereocenters. The summed E-state index contributed by atoms with van der Waals surface area (Å²) in [4.78, 5) is 24.4. The van der Waals surface area contributed by atoms with Crippen molar-refractivity contribution in [1.29, 1.82) is 0 Å². The molecule has 0 aliphatic rings. The Balaban J connectivity index is 2.66. The average Bonchev–Trinajstić information content (AvgIpc) is 2.44. The lowest BCUT2D eigenvalue weighted by molar-refractivity contribution is -0.141. The Morgan fingerprint density at radius 2 is 1.95 bits per heavy atom. The molecule has 1 aromatic rings. The Labute approximate surface area is 112 Å². The molecule has 1 amide bonds. The molecule has 102 valence electrons. The van der Waals surface area contributed by atoms with Crippen molar-refractivity contribution in [3.8, 4) is 5.75 Å². The van der Waals surface area contributed by atoms with Gasteiger partial charge in [-0.05, 0) is 24.3 Å². The van der Waals surface area contributed by atoms with Crippen molar-refractivity contribution < 1.29 is 19.1 Å². The smallest absolute Gasteiger partial charge is 0.325 e. The van der Waals surface area contributed by atoms with E-state index in [4.69, 9.17) is 4.74 Å².